The van der Waals surface area contributed by atoms with E-state index in [0.717, 1.165) is 41.6 Å². The molecule has 0 fully saturated rings. The van der Waals surface area contributed by atoms with Crippen LogP contribution in [0.2, 0.25) is 0 Å². The number of nitrogens with one attached hydrogen (secondary N) is 1. The number of fused-ring (bicyclic) bond motifs is 1. The summed E-state index contributed by atoms with van der Waals surface area (Å²) >= 11 is 2.92. The molecule has 3 rings (SSSR count). The normalized spacial score (nSPS) is 15.3. The van der Waals surface area contributed by atoms with E-state index in [2.05, 4.69) is 37.1 Å². The number of thioether (sulfide) groups is 1. The van der Waals surface area contributed by atoms with Crippen molar-refractivity contribution in [3.8, 4) is 6.07 Å². The zero-order valence-electron chi connectivity index (χ0n) is 21.8. The van der Waals surface area contributed by atoms with Crippen molar-refractivity contribution in [3.05, 3.63) is 38.4 Å². The molecular weight excluding hydrogens is 478 g/mol. The van der Waals surface area contributed by atoms with Gasteiger partial charge in [-0.1, -0.05) is 20.8 Å². The Bertz CT molecular complexity index is 1170. The van der Waals surface area contributed by atoms with Crippen molar-refractivity contribution in [1.82, 2.24) is 4.98 Å². The molecule has 0 aliphatic heterocycles. The molecule has 1 atom stereocenters. The van der Waals surface area contributed by atoms with Crippen molar-refractivity contribution in [3.63, 3.8) is 0 Å². The molecule has 1 aliphatic rings. The van der Waals surface area contributed by atoms with Gasteiger partial charge in [0.25, 0.3) is 0 Å². The minimum atomic E-state index is -0.364. The van der Waals surface area contributed by atoms with E-state index in [9.17, 15) is 14.9 Å². The molecule has 8 heteroatoms. The van der Waals surface area contributed by atoms with Gasteiger partial charge in [-0.25, -0.2) is 9.78 Å². The van der Waals surface area contributed by atoms with Crippen LogP contribution in [0, 0.1) is 43.4 Å². The molecule has 2 aromatic heterocycles. The summed E-state index contributed by atoms with van der Waals surface area (Å²) in [6, 6.07) is 2.25. The Labute approximate surface area is 216 Å². The number of aryl methyl sites for hydroxylation is 1. The van der Waals surface area contributed by atoms with Gasteiger partial charge in [0.05, 0.1) is 17.7 Å². The largest absolute Gasteiger partial charge is 0.462 e. The molecule has 35 heavy (non-hydrogen) atoms. The van der Waals surface area contributed by atoms with Gasteiger partial charge in [0, 0.05) is 22.7 Å². The molecule has 1 aliphatic carbocycles. The van der Waals surface area contributed by atoms with Gasteiger partial charge in [0.15, 0.2) is 0 Å². The minimum absolute atomic E-state index is 0.159. The number of esters is 1. The van der Waals surface area contributed by atoms with Crippen molar-refractivity contribution in [2.24, 2.45) is 11.3 Å². The van der Waals surface area contributed by atoms with Crippen LogP contribution in [0.25, 0.3) is 0 Å². The summed E-state index contributed by atoms with van der Waals surface area (Å²) in [5, 5.41) is 13.8. The summed E-state index contributed by atoms with van der Waals surface area (Å²) < 4.78 is 5.34. The van der Waals surface area contributed by atoms with Crippen LogP contribution in [0.1, 0.15) is 83.7 Å². The average Bonchev–Trinajstić information content (AvgIpc) is 3.14. The van der Waals surface area contributed by atoms with E-state index < -0.39 is 0 Å². The number of pyridine rings is 1. The predicted octanol–water partition coefficient (Wildman–Crippen LogP) is 6.39. The SMILES string of the molecule is CCOC(=O)c1c(NC(=O)CCSc2nc(C)c(C)c(C)c2C#N)sc2c1CCC(C(C)(C)C)C2. The molecule has 188 valence electrons. The van der Waals surface area contributed by atoms with Crippen LogP contribution in [0.3, 0.4) is 0 Å². The highest BCUT2D eigenvalue weighted by Gasteiger charge is 2.34. The first-order chi connectivity index (χ1) is 16.5. The third-order valence-corrected chi connectivity index (χ3v) is 9.01. The number of nitriles is 1. The highest BCUT2D eigenvalue weighted by molar-refractivity contribution is 7.99. The van der Waals surface area contributed by atoms with E-state index >= 15 is 0 Å². The van der Waals surface area contributed by atoms with Crippen molar-refractivity contribution in [2.75, 3.05) is 17.7 Å². The molecule has 0 saturated carbocycles. The van der Waals surface area contributed by atoms with Crippen LogP contribution in [-0.4, -0.2) is 29.2 Å². The lowest BCUT2D eigenvalue weighted by atomic mass is 9.72. The molecular formula is C27H35N3O3S2. The fraction of sp³-hybridized carbons (Fsp3) is 0.556. The van der Waals surface area contributed by atoms with E-state index in [4.69, 9.17) is 4.74 Å². The predicted molar refractivity (Wildman–Crippen MR) is 142 cm³/mol. The van der Waals surface area contributed by atoms with Gasteiger partial charge in [-0.2, -0.15) is 5.26 Å². The van der Waals surface area contributed by atoms with Crippen LogP contribution in [0.5, 0.6) is 0 Å². The number of amides is 1. The molecule has 1 unspecified atom stereocenters. The number of ether oxygens (including phenoxy) is 1. The number of carbonyl (C=O) groups is 2. The van der Waals surface area contributed by atoms with Crippen molar-refractivity contribution < 1.29 is 14.3 Å². The zero-order chi connectivity index (χ0) is 25.9. The molecule has 1 amide bonds. The molecule has 1 N–H and O–H groups in total. The average molecular weight is 514 g/mol. The Morgan fingerprint density at radius 2 is 1.97 bits per heavy atom. The number of rotatable bonds is 7. The maximum Gasteiger partial charge on any atom is 0.341 e. The first-order valence-corrected chi connectivity index (χ1v) is 13.9. The topological polar surface area (TPSA) is 92.1 Å². The number of thiophene rings is 1. The second-order valence-corrected chi connectivity index (χ2v) is 12.3. The van der Waals surface area contributed by atoms with Gasteiger partial charge in [-0.15, -0.1) is 23.1 Å². The third-order valence-electron chi connectivity index (χ3n) is 6.87. The molecule has 0 spiro atoms. The minimum Gasteiger partial charge on any atom is -0.462 e. The summed E-state index contributed by atoms with van der Waals surface area (Å²) in [6.07, 6.45) is 3.00. The fourth-order valence-corrected chi connectivity index (χ4v) is 6.77. The first-order valence-electron chi connectivity index (χ1n) is 12.1. The van der Waals surface area contributed by atoms with E-state index in [1.165, 1.54) is 28.0 Å². The van der Waals surface area contributed by atoms with Crippen LogP contribution in [0.4, 0.5) is 5.00 Å². The highest BCUT2D eigenvalue weighted by Crippen LogP contribution is 2.44. The summed E-state index contributed by atoms with van der Waals surface area (Å²) in [6.45, 7) is 14.7. The molecule has 2 aromatic rings. The van der Waals surface area contributed by atoms with Crippen molar-refractivity contribution in [1.29, 1.82) is 5.26 Å². The highest BCUT2D eigenvalue weighted by atomic mass is 32.2. The van der Waals surface area contributed by atoms with Crippen LogP contribution < -0.4 is 5.32 Å². The quantitative estimate of drug-likeness (QED) is 0.341. The number of carbonyl (C=O) groups excluding carboxylic acids is 2. The molecule has 0 bridgehead atoms. The van der Waals surface area contributed by atoms with Crippen molar-refractivity contribution >= 4 is 40.0 Å². The second-order valence-electron chi connectivity index (χ2n) is 10.1. The fourth-order valence-electron chi connectivity index (χ4n) is 4.41. The summed E-state index contributed by atoms with van der Waals surface area (Å²) in [5.41, 5.74) is 5.17. The number of nitrogens with zero attached hydrogens (tertiary/aromatic N) is 2. The standard InChI is InChI=1S/C27H35N3O3S2/c1-8-33-26(32)23-19-10-9-18(27(5,6)7)13-21(19)35-25(23)30-22(31)11-12-34-24-20(14-28)16(3)15(2)17(4)29-24/h18H,8-13H2,1-7H3,(H,30,31). The van der Waals surface area contributed by atoms with Gasteiger partial charge in [0.1, 0.15) is 16.1 Å². The maximum atomic E-state index is 12.9. The Morgan fingerprint density at radius 1 is 1.26 bits per heavy atom. The first kappa shape index (κ1) is 27.2. The number of anilines is 1. The van der Waals surface area contributed by atoms with Gasteiger partial charge in [-0.05, 0) is 75.0 Å². The lowest BCUT2D eigenvalue weighted by Gasteiger charge is -2.33. The monoisotopic (exact) mass is 513 g/mol. The zero-order valence-corrected chi connectivity index (χ0v) is 23.4. The Balaban J connectivity index is 1.74. The van der Waals surface area contributed by atoms with Crippen LogP contribution in [-0.2, 0) is 22.4 Å². The second kappa shape index (κ2) is 11.1. The maximum absolute atomic E-state index is 12.9. The third kappa shape index (κ3) is 6.07. The Hall–Kier alpha value is -2.37. The molecule has 6 nitrogen and oxygen atoms in total. The van der Waals surface area contributed by atoms with Gasteiger partial charge in [0.2, 0.25) is 5.91 Å². The molecule has 0 aromatic carbocycles. The van der Waals surface area contributed by atoms with Gasteiger partial charge in [-0.3, -0.25) is 4.79 Å². The number of hydrogen-bond acceptors (Lipinski definition) is 7. The molecule has 2 heterocycles. The van der Waals surface area contributed by atoms with E-state index in [1.54, 1.807) is 6.92 Å². The Morgan fingerprint density at radius 3 is 2.60 bits per heavy atom. The summed E-state index contributed by atoms with van der Waals surface area (Å²) in [5.74, 6) is 0.499. The Kier molecular flexibility index (Phi) is 8.66. The smallest absolute Gasteiger partial charge is 0.341 e. The number of aromatic nitrogens is 1. The van der Waals surface area contributed by atoms with E-state index in [-0.39, 0.29) is 23.7 Å². The van der Waals surface area contributed by atoms with E-state index in [1.807, 2.05) is 20.8 Å². The molecule has 0 saturated heterocycles. The summed E-state index contributed by atoms with van der Waals surface area (Å²) in [4.78, 5) is 31.4. The van der Waals surface area contributed by atoms with E-state index in [0.29, 0.717) is 39.4 Å². The summed E-state index contributed by atoms with van der Waals surface area (Å²) in [7, 11) is 0. The lowest BCUT2D eigenvalue weighted by Crippen LogP contribution is -2.26. The molecule has 0 radical (unpaired) electrons. The van der Waals surface area contributed by atoms with Crippen molar-refractivity contribution in [2.45, 2.75) is 79.2 Å². The lowest BCUT2D eigenvalue weighted by molar-refractivity contribution is -0.115. The van der Waals surface area contributed by atoms with Crippen LogP contribution in [0.15, 0.2) is 5.03 Å². The van der Waals surface area contributed by atoms with Gasteiger partial charge < -0.3 is 10.1 Å². The van der Waals surface area contributed by atoms with Gasteiger partial charge >= 0.3 is 5.97 Å². The van der Waals surface area contributed by atoms with Crippen LogP contribution >= 0.6 is 23.1 Å². The number of hydrogen-bond donors (Lipinski definition) is 1.